The lowest BCUT2D eigenvalue weighted by Crippen LogP contribution is -2.43. The fraction of sp³-hybridized carbons (Fsp3) is 0.0714. The van der Waals surface area contributed by atoms with Crippen LogP contribution in [0.3, 0.4) is 0 Å². The third-order valence-corrected chi connectivity index (χ3v) is 6.75. The lowest BCUT2D eigenvalue weighted by molar-refractivity contribution is -0.136. The van der Waals surface area contributed by atoms with Crippen molar-refractivity contribution in [1.82, 2.24) is 5.43 Å². The summed E-state index contributed by atoms with van der Waals surface area (Å²) in [5.74, 6) is -0.584. The van der Waals surface area contributed by atoms with Crippen LogP contribution in [0, 0.1) is 6.92 Å². The Morgan fingerprint density at radius 1 is 0.833 bits per heavy atom. The maximum absolute atomic E-state index is 13.1. The van der Waals surface area contributed by atoms with Crippen LogP contribution < -0.4 is 9.61 Å². The zero-order valence-corrected chi connectivity index (χ0v) is 20.2. The first-order chi connectivity index (χ1) is 17.3. The molecule has 4 aromatic carbocycles. The maximum Gasteiger partial charge on any atom is 0.339 e. The van der Waals surface area contributed by atoms with Crippen LogP contribution >= 0.6 is 0 Å². The molecule has 0 spiro atoms. The molecular weight excluding hydrogens is 476 g/mol. The molecule has 0 aromatic heterocycles. The van der Waals surface area contributed by atoms with E-state index < -0.39 is 21.6 Å². The van der Waals surface area contributed by atoms with Crippen molar-refractivity contribution in [3.63, 3.8) is 0 Å². The Hall–Kier alpha value is -4.27. The van der Waals surface area contributed by atoms with Crippen LogP contribution in [0.25, 0.3) is 0 Å². The van der Waals surface area contributed by atoms with E-state index >= 15 is 0 Å². The molecule has 8 heteroatoms. The minimum Gasteiger partial charge on any atom is -0.379 e. The van der Waals surface area contributed by atoms with Crippen LogP contribution in [0.15, 0.2) is 119 Å². The molecule has 0 aliphatic carbocycles. The van der Waals surface area contributed by atoms with Gasteiger partial charge in [0.05, 0.1) is 6.21 Å². The Morgan fingerprint density at radius 3 is 1.89 bits per heavy atom. The van der Waals surface area contributed by atoms with Gasteiger partial charge >= 0.3 is 10.1 Å². The van der Waals surface area contributed by atoms with Crippen molar-refractivity contribution in [3.8, 4) is 5.75 Å². The number of rotatable bonds is 8. The molecule has 2 N–H and O–H groups in total. The minimum absolute atomic E-state index is 0.0609. The van der Waals surface area contributed by atoms with Crippen molar-refractivity contribution in [3.05, 3.63) is 131 Å². The van der Waals surface area contributed by atoms with Gasteiger partial charge in [-0.15, -0.1) is 0 Å². The molecule has 0 fully saturated rings. The average Bonchev–Trinajstić information content (AvgIpc) is 2.90. The van der Waals surface area contributed by atoms with Crippen molar-refractivity contribution in [2.24, 2.45) is 5.10 Å². The van der Waals surface area contributed by atoms with Gasteiger partial charge in [-0.2, -0.15) is 13.5 Å². The average molecular weight is 501 g/mol. The van der Waals surface area contributed by atoms with E-state index in [0.29, 0.717) is 16.7 Å². The second kappa shape index (κ2) is 10.6. The van der Waals surface area contributed by atoms with E-state index in [0.717, 1.165) is 5.56 Å². The first-order valence-electron chi connectivity index (χ1n) is 11.1. The molecule has 0 unspecified atom stereocenters. The van der Waals surface area contributed by atoms with Gasteiger partial charge in [-0.1, -0.05) is 78.4 Å². The van der Waals surface area contributed by atoms with Gasteiger partial charge in [0.2, 0.25) is 0 Å². The molecule has 0 atom stereocenters. The zero-order chi connectivity index (χ0) is 25.6. The van der Waals surface area contributed by atoms with Gasteiger partial charge in [-0.05, 0) is 60.0 Å². The summed E-state index contributed by atoms with van der Waals surface area (Å²) in [7, 11) is -3.96. The third-order valence-electron chi connectivity index (χ3n) is 5.49. The van der Waals surface area contributed by atoms with Gasteiger partial charge in [0.25, 0.3) is 5.91 Å². The molecule has 7 nitrogen and oxygen atoms in total. The molecule has 182 valence electrons. The lowest BCUT2D eigenvalue weighted by atomic mass is 9.85. The second-order valence-electron chi connectivity index (χ2n) is 8.06. The Morgan fingerprint density at radius 2 is 1.36 bits per heavy atom. The summed E-state index contributed by atoms with van der Waals surface area (Å²) >= 11 is 0. The molecule has 0 aliphatic heterocycles. The highest BCUT2D eigenvalue weighted by Crippen LogP contribution is 2.29. The van der Waals surface area contributed by atoms with Crippen molar-refractivity contribution in [2.75, 3.05) is 0 Å². The number of carbonyl (C=O) groups is 1. The maximum atomic E-state index is 13.1. The van der Waals surface area contributed by atoms with Crippen LogP contribution in [0.4, 0.5) is 0 Å². The highest BCUT2D eigenvalue weighted by atomic mass is 32.2. The quantitative estimate of drug-likeness (QED) is 0.215. The molecule has 0 aliphatic rings. The number of aliphatic hydroxyl groups is 1. The van der Waals surface area contributed by atoms with Crippen molar-refractivity contribution in [2.45, 2.75) is 17.4 Å². The molecule has 0 bridgehead atoms. The molecule has 0 saturated heterocycles. The van der Waals surface area contributed by atoms with Crippen LogP contribution in [-0.4, -0.2) is 25.6 Å². The molecule has 0 heterocycles. The normalized spacial score (nSPS) is 11.8. The Bertz CT molecular complexity index is 1410. The molecular formula is C28H24N2O5S. The Balaban J connectivity index is 1.46. The van der Waals surface area contributed by atoms with Crippen molar-refractivity contribution in [1.29, 1.82) is 0 Å². The van der Waals surface area contributed by atoms with Crippen LogP contribution in [0.2, 0.25) is 0 Å². The summed E-state index contributed by atoms with van der Waals surface area (Å²) in [5, 5.41) is 15.4. The first kappa shape index (κ1) is 24.8. The lowest BCUT2D eigenvalue weighted by Gasteiger charge is -2.27. The van der Waals surface area contributed by atoms with E-state index in [2.05, 4.69) is 10.5 Å². The Kier molecular flexibility index (Phi) is 7.28. The fourth-order valence-electron chi connectivity index (χ4n) is 3.52. The van der Waals surface area contributed by atoms with E-state index in [4.69, 9.17) is 4.18 Å². The first-order valence-corrected chi connectivity index (χ1v) is 12.5. The molecule has 1 amide bonds. The van der Waals surface area contributed by atoms with Crippen LogP contribution in [-0.2, 0) is 20.5 Å². The number of nitrogens with one attached hydrogen (secondary N) is 1. The van der Waals surface area contributed by atoms with Crippen LogP contribution in [0.5, 0.6) is 5.75 Å². The van der Waals surface area contributed by atoms with Gasteiger partial charge in [0.15, 0.2) is 5.60 Å². The number of hydrogen-bond donors (Lipinski definition) is 2. The predicted molar refractivity (Wildman–Crippen MR) is 137 cm³/mol. The summed E-state index contributed by atoms with van der Waals surface area (Å²) in [5.41, 5.74) is 2.79. The standard InChI is InChI=1S/C28H24N2O5S/c1-21-12-18-26(19-13-21)36(33,34)35-25-16-14-22(15-17-25)20-29-30-27(31)28(32,23-8-4-2-5-9-23)24-10-6-3-7-11-24/h2-20,32H,1H3,(H,30,31)/b29-20-. The molecule has 0 radical (unpaired) electrons. The van der Waals surface area contributed by atoms with E-state index in [-0.39, 0.29) is 10.6 Å². The topological polar surface area (TPSA) is 105 Å². The number of carbonyl (C=O) groups excluding carboxylic acids is 1. The number of nitrogens with zero attached hydrogens (tertiary/aromatic N) is 1. The predicted octanol–water partition coefficient (Wildman–Crippen LogP) is 4.15. The van der Waals surface area contributed by atoms with Gasteiger partial charge < -0.3 is 9.29 Å². The third kappa shape index (κ3) is 5.51. The Labute approximate surface area is 209 Å². The van der Waals surface area contributed by atoms with E-state index in [1.165, 1.54) is 30.5 Å². The van der Waals surface area contributed by atoms with Gasteiger partial charge in [-0.25, -0.2) is 5.43 Å². The minimum atomic E-state index is -3.96. The molecule has 0 saturated carbocycles. The summed E-state index contributed by atoms with van der Waals surface area (Å²) in [6.45, 7) is 1.86. The second-order valence-corrected chi connectivity index (χ2v) is 9.61. The number of hydrogen-bond acceptors (Lipinski definition) is 6. The summed E-state index contributed by atoms with van der Waals surface area (Å²) in [6, 6.07) is 29.7. The summed E-state index contributed by atoms with van der Waals surface area (Å²) in [4.78, 5) is 13.1. The van der Waals surface area contributed by atoms with Crippen molar-refractivity contribution >= 4 is 22.2 Å². The number of benzene rings is 4. The van der Waals surface area contributed by atoms with E-state index in [9.17, 15) is 18.3 Å². The molecule has 36 heavy (non-hydrogen) atoms. The molecule has 4 rings (SSSR count). The molecule has 4 aromatic rings. The van der Waals surface area contributed by atoms with E-state index in [1.54, 1.807) is 84.9 Å². The zero-order valence-electron chi connectivity index (χ0n) is 19.4. The van der Waals surface area contributed by atoms with Crippen molar-refractivity contribution < 1.29 is 22.5 Å². The summed E-state index contributed by atoms with van der Waals surface area (Å²) < 4.78 is 30.1. The van der Waals surface area contributed by atoms with Gasteiger partial charge in [0.1, 0.15) is 10.6 Å². The largest absolute Gasteiger partial charge is 0.379 e. The van der Waals surface area contributed by atoms with Gasteiger partial charge in [-0.3, -0.25) is 4.79 Å². The SMILES string of the molecule is Cc1ccc(S(=O)(=O)Oc2ccc(/C=N\NC(=O)C(O)(c3ccccc3)c3ccccc3)cc2)cc1. The highest BCUT2D eigenvalue weighted by molar-refractivity contribution is 7.87. The number of amides is 1. The fourth-order valence-corrected chi connectivity index (χ4v) is 4.45. The smallest absolute Gasteiger partial charge is 0.339 e. The monoisotopic (exact) mass is 500 g/mol. The summed E-state index contributed by atoms with van der Waals surface area (Å²) in [6.07, 6.45) is 1.38. The van der Waals surface area contributed by atoms with Crippen LogP contribution in [0.1, 0.15) is 22.3 Å². The van der Waals surface area contributed by atoms with E-state index in [1.807, 2.05) is 6.92 Å². The number of aryl methyl sites for hydroxylation is 1. The number of hydrazone groups is 1. The van der Waals surface area contributed by atoms with Gasteiger partial charge in [0, 0.05) is 0 Å². The highest BCUT2D eigenvalue weighted by Gasteiger charge is 2.39.